The number of ether oxygens (including phenoxy) is 10. The molecular formula is C40H69NO14. The molecule has 0 aromatic carbocycles. The molecule has 0 saturated carbocycles. The molecule has 4 saturated heterocycles. The van der Waals surface area contributed by atoms with Gasteiger partial charge in [-0.3, -0.25) is 9.59 Å². The first-order chi connectivity index (χ1) is 25.6. The minimum atomic E-state index is -1.45. The summed E-state index contributed by atoms with van der Waals surface area (Å²) in [6, 6.07) is -0.270. The molecule has 318 valence electrons. The van der Waals surface area contributed by atoms with Crippen molar-refractivity contribution in [2.45, 2.75) is 179 Å². The van der Waals surface area contributed by atoms with Gasteiger partial charge in [0.1, 0.15) is 24.1 Å². The number of Topliss-reactive ketones (excluding diaryl/α,β-unsaturated/α-hetero) is 1. The van der Waals surface area contributed by atoms with E-state index in [9.17, 15) is 19.5 Å². The van der Waals surface area contributed by atoms with Crippen LogP contribution in [-0.4, -0.2) is 148 Å². The number of rotatable bonds is 9. The van der Waals surface area contributed by atoms with Gasteiger partial charge in [0.2, 0.25) is 0 Å². The van der Waals surface area contributed by atoms with Gasteiger partial charge in [0, 0.05) is 45.6 Å². The first-order valence-corrected chi connectivity index (χ1v) is 19.8. The summed E-state index contributed by atoms with van der Waals surface area (Å²) in [5, 5.41) is 11.7. The van der Waals surface area contributed by atoms with E-state index in [4.69, 9.17) is 47.4 Å². The van der Waals surface area contributed by atoms with E-state index in [1.807, 2.05) is 60.5 Å². The average Bonchev–Trinajstić information content (AvgIpc) is 3.44. The van der Waals surface area contributed by atoms with Crippen LogP contribution in [0.3, 0.4) is 0 Å². The number of aliphatic hydroxyl groups is 1. The Labute approximate surface area is 327 Å². The van der Waals surface area contributed by atoms with Crippen LogP contribution in [0, 0.1) is 23.7 Å². The van der Waals surface area contributed by atoms with Gasteiger partial charge < -0.3 is 57.4 Å². The summed E-state index contributed by atoms with van der Waals surface area (Å²) in [5.74, 6) is -3.91. The topological polar surface area (TPSA) is 167 Å². The van der Waals surface area contributed by atoms with Crippen LogP contribution < -0.4 is 0 Å². The van der Waals surface area contributed by atoms with E-state index in [-0.39, 0.29) is 37.2 Å². The molecule has 0 radical (unpaired) electrons. The van der Waals surface area contributed by atoms with Crippen LogP contribution in [0.1, 0.15) is 94.9 Å². The van der Waals surface area contributed by atoms with Gasteiger partial charge in [0.15, 0.2) is 24.3 Å². The van der Waals surface area contributed by atoms with E-state index in [1.54, 1.807) is 49.0 Å². The predicted octanol–water partition coefficient (Wildman–Crippen LogP) is 4.28. The summed E-state index contributed by atoms with van der Waals surface area (Å²) in [4.78, 5) is 43.5. The van der Waals surface area contributed by atoms with Gasteiger partial charge in [-0.05, 0) is 74.9 Å². The molecule has 4 aliphatic heterocycles. The fraction of sp³-hybridized carbons (Fsp3) is 0.925. The highest BCUT2D eigenvalue weighted by Crippen LogP contribution is 2.44. The molecule has 0 spiro atoms. The Hall–Kier alpha value is -1.95. The summed E-state index contributed by atoms with van der Waals surface area (Å²) >= 11 is 0. The van der Waals surface area contributed by atoms with Crippen LogP contribution in [0.4, 0.5) is 4.79 Å². The predicted molar refractivity (Wildman–Crippen MR) is 199 cm³/mol. The van der Waals surface area contributed by atoms with Gasteiger partial charge in [-0.15, -0.1) is 0 Å². The minimum absolute atomic E-state index is 0.159. The molecule has 0 aromatic rings. The maximum Gasteiger partial charge on any atom is 0.509 e. The quantitative estimate of drug-likeness (QED) is 0.329. The molecule has 4 fully saturated rings. The van der Waals surface area contributed by atoms with Crippen molar-refractivity contribution in [1.82, 2.24) is 4.90 Å². The molecule has 4 aliphatic rings. The monoisotopic (exact) mass is 787 g/mol. The Morgan fingerprint density at radius 1 is 0.836 bits per heavy atom. The number of fused-ring (bicyclic) bond motifs is 1. The summed E-state index contributed by atoms with van der Waals surface area (Å²) in [7, 11) is 8.54. The summed E-state index contributed by atoms with van der Waals surface area (Å²) < 4.78 is 62.2. The van der Waals surface area contributed by atoms with Crippen molar-refractivity contribution >= 4 is 17.9 Å². The summed E-state index contributed by atoms with van der Waals surface area (Å²) in [6.07, 6.45) is -7.61. The van der Waals surface area contributed by atoms with Crippen molar-refractivity contribution in [3.8, 4) is 0 Å². The van der Waals surface area contributed by atoms with Crippen molar-refractivity contribution in [1.29, 1.82) is 0 Å². The van der Waals surface area contributed by atoms with Crippen LogP contribution in [0.2, 0.25) is 0 Å². The second kappa shape index (κ2) is 17.9. The Bertz CT molecular complexity index is 1330. The van der Waals surface area contributed by atoms with E-state index in [0.29, 0.717) is 6.42 Å². The zero-order valence-electron chi connectivity index (χ0n) is 35.7. The van der Waals surface area contributed by atoms with Crippen molar-refractivity contribution in [3.05, 3.63) is 0 Å². The maximum absolute atomic E-state index is 14.5. The first-order valence-electron chi connectivity index (χ1n) is 19.8. The van der Waals surface area contributed by atoms with Crippen molar-refractivity contribution in [2.75, 3.05) is 35.4 Å². The number of hydrogen-bond acceptors (Lipinski definition) is 15. The Kier molecular flexibility index (Phi) is 14.9. The molecule has 0 amide bonds. The van der Waals surface area contributed by atoms with Crippen LogP contribution in [0.5, 0.6) is 0 Å². The smallest absolute Gasteiger partial charge is 0.458 e. The van der Waals surface area contributed by atoms with Crippen LogP contribution in [-0.2, 0) is 57.0 Å². The van der Waals surface area contributed by atoms with Gasteiger partial charge in [0.05, 0.1) is 47.5 Å². The van der Waals surface area contributed by atoms with Gasteiger partial charge in [0.25, 0.3) is 0 Å². The van der Waals surface area contributed by atoms with E-state index in [2.05, 4.69) is 0 Å². The second-order valence-electron chi connectivity index (χ2n) is 17.2. The van der Waals surface area contributed by atoms with Gasteiger partial charge in [-0.25, -0.2) is 4.79 Å². The minimum Gasteiger partial charge on any atom is -0.458 e. The Balaban J connectivity index is 1.87. The lowest BCUT2D eigenvalue weighted by atomic mass is 9.74. The lowest BCUT2D eigenvalue weighted by Gasteiger charge is -2.50. The number of cyclic esters (lactones) is 1. The fourth-order valence-corrected chi connectivity index (χ4v) is 9.63. The third-order valence-electron chi connectivity index (χ3n) is 12.9. The Morgan fingerprint density at radius 3 is 2.02 bits per heavy atom. The number of hydrogen-bond donors (Lipinski definition) is 1. The van der Waals surface area contributed by atoms with Gasteiger partial charge in [-0.1, -0.05) is 27.7 Å². The van der Waals surface area contributed by atoms with E-state index in [1.165, 1.54) is 0 Å². The first kappa shape index (κ1) is 45.7. The Morgan fingerprint density at radius 2 is 1.45 bits per heavy atom. The molecule has 15 nitrogen and oxygen atoms in total. The van der Waals surface area contributed by atoms with E-state index >= 15 is 0 Å². The number of nitrogens with zero attached hydrogens (tertiary/aromatic N) is 1. The van der Waals surface area contributed by atoms with E-state index in [0.717, 1.165) is 0 Å². The molecular weight excluding hydrogens is 718 g/mol. The number of esters is 1. The second-order valence-corrected chi connectivity index (χ2v) is 17.2. The maximum atomic E-state index is 14.5. The standard InChI is InChI=1S/C40H69NO14/c1-16-27-40(10)33(54-37(45)55-40)22(4)29(42)20(2)18-38(8,47-14)32(53-36-30(43)26(41(11)12)17-21(3)49-36)23(5)31(24(6)35(44)51-27)52-28-19-39(9,48-15)34(46-13)25(7)50-28/h20-28,30-34,36,43H,16-19H2,1-15H3/t20-,21-,22+,23+,24-,25+,26+,27-,28+,30-,31+,32-,33-,34+,36+,38-,39-,40-/m1/s1. The van der Waals surface area contributed by atoms with Crippen molar-refractivity contribution in [2.24, 2.45) is 23.7 Å². The highest BCUT2D eigenvalue weighted by atomic mass is 16.8. The number of methoxy groups -OCH3 is 3. The normalized spacial score (nSPS) is 47.7. The molecule has 4 heterocycles. The van der Waals surface area contributed by atoms with Crippen LogP contribution in [0.15, 0.2) is 0 Å². The molecule has 55 heavy (non-hydrogen) atoms. The summed E-state index contributed by atoms with van der Waals surface area (Å²) in [6.45, 7) is 18.1. The van der Waals surface area contributed by atoms with Gasteiger partial charge >= 0.3 is 12.1 Å². The highest BCUT2D eigenvalue weighted by molar-refractivity contribution is 5.84. The average molecular weight is 788 g/mol. The largest absolute Gasteiger partial charge is 0.509 e. The molecule has 1 N–H and O–H groups in total. The molecule has 0 aromatic heterocycles. The third-order valence-corrected chi connectivity index (χ3v) is 12.9. The molecule has 0 aliphatic carbocycles. The lowest BCUT2D eigenvalue weighted by molar-refractivity contribution is -0.320. The van der Waals surface area contributed by atoms with Gasteiger partial charge in [-0.2, -0.15) is 0 Å². The summed E-state index contributed by atoms with van der Waals surface area (Å²) in [5.41, 5.74) is -3.47. The molecule has 18 atom stereocenters. The molecule has 0 bridgehead atoms. The van der Waals surface area contributed by atoms with E-state index < -0.39 is 108 Å². The number of ketones is 1. The third kappa shape index (κ3) is 9.20. The lowest BCUT2D eigenvalue weighted by Crippen LogP contribution is -2.61. The SMILES string of the molecule is CC[C@H]1OC(=O)[C@H](C)[C@@H](O[C@H]2C[C@@](C)(OC)[C@@H](OC)[C@H](C)O2)[C@H](C)[C@@H](O[C@@H]2O[C@H](C)C[C@H](N(C)C)[C@H]2O)[C@](C)(OC)C[C@@H](C)C(=O)[C@H](C)[C@H]2OC(=O)O[C@@]21C. The van der Waals surface area contributed by atoms with Crippen LogP contribution in [0.25, 0.3) is 0 Å². The number of likely N-dealkylation sites (N-methyl/N-ethyl adjacent to an activating group) is 1. The number of carbonyl (C=O) groups is 3. The fourth-order valence-electron chi connectivity index (χ4n) is 9.63. The molecule has 0 unspecified atom stereocenters. The van der Waals surface area contributed by atoms with Crippen molar-refractivity contribution < 1.29 is 66.9 Å². The van der Waals surface area contributed by atoms with Crippen LogP contribution >= 0.6 is 0 Å². The molecule has 4 rings (SSSR count). The zero-order valence-corrected chi connectivity index (χ0v) is 35.7. The number of carbonyl (C=O) groups excluding carboxylic acids is 3. The van der Waals surface area contributed by atoms with Crippen molar-refractivity contribution in [3.63, 3.8) is 0 Å². The number of aliphatic hydroxyl groups excluding tert-OH is 1. The zero-order chi connectivity index (χ0) is 41.4. The molecule has 15 heteroatoms. The highest BCUT2D eigenvalue weighted by Gasteiger charge is 2.59.